The molecule has 1 aliphatic heterocycles. The van der Waals surface area contributed by atoms with Crippen molar-refractivity contribution in [1.29, 1.82) is 0 Å². The average Bonchev–Trinajstić information content (AvgIpc) is 3.17. The predicted octanol–water partition coefficient (Wildman–Crippen LogP) is 8.67. The average molecular weight is 764 g/mol. The van der Waals surface area contributed by atoms with Crippen LogP contribution in [0.3, 0.4) is 0 Å². The Bertz CT molecular complexity index is 983. The first-order chi connectivity index (χ1) is 26.3. The molecule has 1 fully saturated rings. The molecule has 9 nitrogen and oxygen atoms in total. The highest BCUT2D eigenvalue weighted by molar-refractivity contribution is 5.76. The molecule has 0 aromatic heterocycles. The summed E-state index contributed by atoms with van der Waals surface area (Å²) in [4.78, 5) is 12.9. The van der Waals surface area contributed by atoms with Crippen LogP contribution in [0.1, 0.15) is 174 Å². The van der Waals surface area contributed by atoms with Crippen LogP contribution in [0.25, 0.3) is 0 Å². The topological polar surface area (TPSA) is 149 Å². The molecule has 7 atom stereocenters. The SMILES string of the molecule is CCC/C=C\C/C=C\CCCCCCCC(=O)NC(COC1OC(CO)C(O)C(O)C1O)C(O)/C=C/CC/C=C/CCCCCCCCCCCCCC. The minimum atomic E-state index is -1.57. The van der Waals surface area contributed by atoms with Gasteiger partial charge in [-0.25, -0.2) is 0 Å². The first kappa shape index (κ1) is 50.2. The number of carbonyl (C=O) groups excluding carboxylic acids is 1. The number of aliphatic hydroxyl groups is 5. The van der Waals surface area contributed by atoms with E-state index in [1.54, 1.807) is 6.08 Å². The highest BCUT2D eigenvalue weighted by Crippen LogP contribution is 2.22. The summed E-state index contributed by atoms with van der Waals surface area (Å²) in [7, 11) is 0. The maximum absolute atomic E-state index is 12.9. The Morgan fingerprint density at radius 2 is 1.15 bits per heavy atom. The lowest BCUT2D eigenvalue weighted by molar-refractivity contribution is -0.302. The molecular formula is C45H81NO8. The molecule has 314 valence electrons. The zero-order valence-electron chi connectivity index (χ0n) is 34.2. The second-order valence-electron chi connectivity index (χ2n) is 15.1. The molecule has 0 radical (unpaired) electrons. The summed E-state index contributed by atoms with van der Waals surface area (Å²) in [5.41, 5.74) is 0. The third kappa shape index (κ3) is 26.1. The van der Waals surface area contributed by atoms with Gasteiger partial charge in [0.05, 0.1) is 25.4 Å². The second-order valence-corrected chi connectivity index (χ2v) is 15.1. The minimum absolute atomic E-state index is 0.204. The number of aliphatic hydroxyl groups excluding tert-OH is 5. The normalized spacial score (nSPS) is 21.9. The van der Waals surface area contributed by atoms with Crippen molar-refractivity contribution in [2.45, 2.75) is 217 Å². The summed E-state index contributed by atoms with van der Waals surface area (Å²) >= 11 is 0. The molecule has 0 saturated carbocycles. The fourth-order valence-corrected chi connectivity index (χ4v) is 6.56. The van der Waals surface area contributed by atoms with Crippen LogP contribution in [0.2, 0.25) is 0 Å². The Labute approximate surface area is 329 Å². The van der Waals surface area contributed by atoms with E-state index in [0.717, 1.165) is 70.6 Å². The standard InChI is InChI=1S/C45H81NO8/c1-3-5-7-9-11-13-15-17-18-19-20-21-23-24-26-28-30-32-34-39(48)38(37-53-45-44(52)43(51)42(50)40(36-47)54-45)46-41(49)35-33-31-29-27-25-22-16-14-12-10-8-6-4-2/h8,10,14,16,24,26,32,34,38-40,42-45,47-48,50-52H,3-7,9,11-13,15,17-23,25,27-31,33,35-37H2,1-2H3,(H,46,49)/b10-8-,16-14-,26-24+,34-32+. The van der Waals surface area contributed by atoms with Crippen LogP contribution in [0, 0.1) is 0 Å². The van der Waals surface area contributed by atoms with Crippen LogP contribution in [0.15, 0.2) is 48.6 Å². The highest BCUT2D eigenvalue weighted by Gasteiger charge is 2.44. The van der Waals surface area contributed by atoms with Gasteiger partial charge in [-0.3, -0.25) is 4.79 Å². The van der Waals surface area contributed by atoms with Gasteiger partial charge in [-0.05, 0) is 57.8 Å². The Balaban J connectivity index is 2.42. The van der Waals surface area contributed by atoms with E-state index in [1.165, 1.54) is 83.5 Å². The van der Waals surface area contributed by atoms with E-state index < -0.39 is 49.5 Å². The number of allylic oxidation sites excluding steroid dienone is 7. The molecule has 1 heterocycles. The highest BCUT2D eigenvalue weighted by atomic mass is 16.7. The third-order valence-electron chi connectivity index (χ3n) is 10.1. The number of ether oxygens (including phenoxy) is 2. The molecule has 0 aromatic carbocycles. The lowest BCUT2D eigenvalue weighted by Crippen LogP contribution is -2.60. The summed E-state index contributed by atoms with van der Waals surface area (Å²) in [6.07, 6.45) is 37.3. The fraction of sp³-hybridized carbons (Fsp3) is 0.800. The fourth-order valence-electron chi connectivity index (χ4n) is 6.56. The van der Waals surface area contributed by atoms with Crippen LogP contribution < -0.4 is 5.32 Å². The third-order valence-corrected chi connectivity index (χ3v) is 10.1. The molecule has 6 N–H and O–H groups in total. The van der Waals surface area contributed by atoms with Crippen molar-refractivity contribution in [1.82, 2.24) is 5.32 Å². The van der Waals surface area contributed by atoms with Crippen molar-refractivity contribution in [2.24, 2.45) is 0 Å². The van der Waals surface area contributed by atoms with E-state index >= 15 is 0 Å². The molecular weight excluding hydrogens is 682 g/mol. The van der Waals surface area contributed by atoms with Gasteiger partial charge in [0.2, 0.25) is 5.91 Å². The number of rotatable bonds is 35. The molecule has 0 aromatic rings. The largest absolute Gasteiger partial charge is 0.394 e. The molecule has 1 saturated heterocycles. The molecule has 0 bridgehead atoms. The van der Waals surface area contributed by atoms with Gasteiger partial charge in [0.15, 0.2) is 6.29 Å². The number of hydrogen-bond donors (Lipinski definition) is 6. The van der Waals surface area contributed by atoms with Crippen LogP contribution in [0.4, 0.5) is 0 Å². The summed E-state index contributed by atoms with van der Waals surface area (Å²) in [6.45, 7) is 3.67. The number of hydrogen-bond acceptors (Lipinski definition) is 8. The summed E-state index contributed by atoms with van der Waals surface area (Å²) in [5.74, 6) is -0.204. The van der Waals surface area contributed by atoms with Crippen molar-refractivity contribution in [2.75, 3.05) is 13.2 Å². The van der Waals surface area contributed by atoms with Crippen molar-refractivity contribution >= 4 is 5.91 Å². The van der Waals surface area contributed by atoms with Crippen LogP contribution >= 0.6 is 0 Å². The van der Waals surface area contributed by atoms with Gasteiger partial charge in [0.25, 0.3) is 0 Å². The van der Waals surface area contributed by atoms with E-state index in [-0.39, 0.29) is 12.5 Å². The molecule has 0 spiro atoms. The van der Waals surface area contributed by atoms with E-state index in [1.807, 2.05) is 6.08 Å². The zero-order valence-corrected chi connectivity index (χ0v) is 34.2. The molecule has 1 rings (SSSR count). The molecule has 54 heavy (non-hydrogen) atoms. The van der Waals surface area contributed by atoms with Gasteiger partial charge >= 0.3 is 0 Å². The first-order valence-electron chi connectivity index (χ1n) is 21.9. The van der Waals surface area contributed by atoms with Crippen molar-refractivity contribution < 1.29 is 39.8 Å². The monoisotopic (exact) mass is 764 g/mol. The lowest BCUT2D eigenvalue weighted by atomic mass is 9.99. The molecule has 1 amide bonds. The van der Waals surface area contributed by atoms with E-state index in [4.69, 9.17) is 9.47 Å². The van der Waals surface area contributed by atoms with Gasteiger partial charge in [-0.1, -0.05) is 159 Å². The Kier molecular flexibility index (Phi) is 33.0. The number of carbonyl (C=O) groups is 1. The Morgan fingerprint density at radius 1 is 0.630 bits per heavy atom. The number of nitrogens with one attached hydrogen (secondary N) is 1. The van der Waals surface area contributed by atoms with E-state index in [2.05, 4.69) is 55.6 Å². The quantitative estimate of drug-likeness (QED) is 0.0278. The molecule has 1 aliphatic rings. The number of amides is 1. The van der Waals surface area contributed by atoms with Crippen LogP contribution in [0.5, 0.6) is 0 Å². The lowest BCUT2D eigenvalue weighted by Gasteiger charge is -2.40. The predicted molar refractivity (Wildman–Crippen MR) is 221 cm³/mol. The smallest absolute Gasteiger partial charge is 0.220 e. The van der Waals surface area contributed by atoms with Crippen molar-refractivity contribution in [3.63, 3.8) is 0 Å². The zero-order chi connectivity index (χ0) is 39.5. The summed E-state index contributed by atoms with van der Waals surface area (Å²) in [6, 6.07) is -0.828. The van der Waals surface area contributed by atoms with Crippen molar-refractivity contribution in [3.05, 3.63) is 48.6 Å². The van der Waals surface area contributed by atoms with Gasteiger partial charge in [-0.2, -0.15) is 0 Å². The van der Waals surface area contributed by atoms with E-state index in [9.17, 15) is 30.3 Å². The van der Waals surface area contributed by atoms with E-state index in [0.29, 0.717) is 6.42 Å². The Hall–Kier alpha value is -1.85. The van der Waals surface area contributed by atoms with Gasteiger partial charge in [0, 0.05) is 6.42 Å². The first-order valence-corrected chi connectivity index (χ1v) is 21.9. The summed E-state index contributed by atoms with van der Waals surface area (Å²) < 4.78 is 11.2. The van der Waals surface area contributed by atoms with Gasteiger partial charge < -0.3 is 40.3 Å². The maximum Gasteiger partial charge on any atom is 0.220 e. The van der Waals surface area contributed by atoms with Crippen LogP contribution in [-0.2, 0) is 14.3 Å². The number of unbranched alkanes of at least 4 members (excludes halogenated alkanes) is 19. The summed E-state index contributed by atoms with van der Waals surface area (Å²) in [5, 5.41) is 54.0. The molecule has 0 aliphatic carbocycles. The maximum atomic E-state index is 12.9. The second kappa shape index (κ2) is 35.6. The van der Waals surface area contributed by atoms with Crippen LogP contribution in [-0.4, -0.2) is 87.5 Å². The Morgan fingerprint density at radius 3 is 1.74 bits per heavy atom. The molecule has 7 unspecified atom stereocenters. The van der Waals surface area contributed by atoms with Crippen molar-refractivity contribution in [3.8, 4) is 0 Å². The molecule has 9 heteroatoms. The van der Waals surface area contributed by atoms with Gasteiger partial charge in [-0.15, -0.1) is 0 Å². The minimum Gasteiger partial charge on any atom is -0.394 e. The van der Waals surface area contributed by atoms with Gasteiger partial charge in [0.1, 0.15) is 24.4 Å².